The van der Waals surface area contributed by atoms with Crippen LogP contribution < -0.4 is 5.32 Å². The second-order valence-electron chi connectivity index (χ2n) is 10.2. The van der Waals surface area contributed by atoms with Crippen molar-refractivity contribution in [2.24, 2.45) is 29.6 Å². The van der Waals surface area contributed by atoms with Crippen molar-refractivity contribution in [3.63, 3.8) is 0 Å². The number of nitrogens with one attached hydrogen (secondary N) is 1. The summed E-state index contributed by atoms with van der Waals surface area (Å²) in [5, 5.41) is 3.54. The molecule has 4 saturated carbocycles. The lowest BCUT2D eigenvalue weighted by Gasteiger charge is -2.54. The highest BCUT2D eigenvalue weighted by atomic mass is 16.2. The van der Waals surface area contributed by atoms with Crippen LogP contribution in [0.25, 0.3) is 0 Å². The molecule has 2 amide bonds. The average Bonchev–Trinajstić information content (AvgIpc) is 3.27. The second-order valence-corrected chi connectivity index (χ2v) is 10.2. The Bertz CT molecular complexity index is 578. The van der Waals surface area contributed by atoms with E-state index in [4.69, 9.17) is 0 Å². The van der Waals surface area contributed by atoms with Gasteiger partial charge >= 0.3 is 0 Å². The van der Waals surface area contributed by atoms with Crippen molar-refractivity contribution in [1.82, 2.24) is 15.1 Å². The number of carbonyl (C=O) groups is 2. The van der Waals surface area contributed by atoms with Crippen LogP contribution in [0, 0.1) is 29.6 Å². The Kier molecular flexibility index (Phi) is 4.69. The molecule has 27 heavy (non-hydrogen) atoms. The Balaban J connectivity index is 1.18. The summed E-state index contributed by atoms with van der Waals surface area (Å²) >= 11 is 0. The van der Waals surface area contributed by atoms with Gasteiger partial charge in [-0.15, -0.1) is 0 Å². The molecule has 2 aliphatic heterocycles. The van der Waals surface area contributed by atoms with Crippen LogP contribution >= 0.6 is 0 Å². The topological polar surface area (TPSA) is 52.7 Å². The molecule has 6 fully saturated rings. The number of hydrogen-bond acceptors (Lipinski definition) is 3. The number of rotatable bonds is 4. The summed E-state index contributed by atoms with van der Waals surface area (Å²) in [7, 11) is 0. The first-order chi connectivity index (χ1) is 13.1. The molecule has 0 aromatic carbocycles. The van der Waals surface area contributed by atoms with Crippen LogP contribution in [0.5, 0.6) is 0 Å². The van der Waals surface area contributed by atoms with Crippen LogP contribution in [-0.2, 0) is 9.59 Å². The third-order valence-electron chi connectivity index (χ3n) is 8.43. The highest BCUT2D eigenvalue weighted by molar-refractivity contribution is 5.82. The Morgan fingerprint density at radius 3 is 2.30 bits per heavy atom. The minimum atomic E-state index is 0.0635. The molecule has 2 heterocycles. The number of hydrogen-bond donors (Lipinski definition) is 1. The summed E-state index contributed by atoms with van der Waals surface area (Å²) in [5.74, 6) is 4.42. The maximum atomic E-state index is 13.2. The summed E-state index contributed by atoms with van der Waals surface area (Å²) in [5.41, 5.74) is 0. The van der Waals surface area contributed by atoms with E-state index in [2.05, 4.69) is 10.2 Å². The third kappa shape index (κ3) is 3.41. The minimum absolute atomic E-state index is 0.0635. The van der Waals surface area contributed by atoms with E-state index >= 15 is 0 Å². The SMILES string of the molecule is CC(=O)N1CCC(CN2CCC[C@@H]2C(=O)NC2C3CC4CC(C3)CC2C4)C1. The van der Waals surface area contributed by atoms with Gasteiger partial charge in [0.05, 0.1) is 6.04 Å². The highest BCUT2D eigenvalue weighted by Gasteiger charge is 2.49. The molecule has 4 bridgehead atoms. The van der Waals surface area contributed by atoms with Gasteiger partial charge in [0.25, 0.3) is 0 Å². The lowest BCUT2D eigenvalue weighted by atomic mass is 9.54. The van der Waals surface area contributed by atoms with Gasteiger partial charge in [-0.3, -0.25) is 14.5 Å². The lowest BCUT2D eigenvalue weighted by molar-refractivity contribution is -0.130. The molecular weight excluding hydrogens is 338 g/mol. The van der Waals surface area contributed by atoms with Crippen molar-refractivity contribution in [2.75, 3.05) is 26.2 Å². The third-order valence-corrected chi connectivity index (χ3v) is 8.43. The van der Waals surface area contributed by atoms with Gasteiger partial charge in [-0.1, -0.05) is 0 Å². The standard InChI is InChI=1S/C22H35N3O2/c1-14(26)24-6-4-15(12-24)13-25-5-2-3-20(25)22(27)23-21-18-8-16-7-17(10-18)11-19(21)9-16/h15-21H,2-13H2,1H3,(H,23,27)/t15?,16?,17?,18?,19?,20-,21?/m1/s1. The first-order valence-corrected chi connectivity index (χ1v) is 11.4. The summed E-state index contributed by atoms with van der Waals surface area (Å²) in [4.78, 5) is 29.1. The zero-order valence-electron chi connectivity index (χ0n) is 16.7. The normalized spacial score (nSPS) is 43.4. The van der Waals surface area contributed by atoms with E-state index < -0.39 is 0 Å². The predicted molar refractivity (Wildman–Crippen MR) is 104 cm³/mol. The monoisotopic (exact) mass is 373 g/mol. The fourth-order valence-electron chi connectivity index (χ4n) is 7.36. The van der Waals surface area contributed by atoms with Gasteiger partial charge in [-0.05, 0) is 87.5 Å². The van der Waals surface area contributed by atoms with Crippen molar-refractivity contribution in [3.8, 4) is 0 Å². The first kappa shape index (κ1) is 18.0. The summed E-state index contributed by atoms with van der Waals surface area (Å²) in [6.45, 7) is 5.44. The molecular formula is C22H35N3O2. The Hall–Kier alpha value is -1.10. The van der Waals surface area contributed by atoms with Crippen molar-refractivity contribution < 1.29 is 9.59 Å². The van der Waals surface area contributed by atoms with Crippen LogP contribution in [0.15, 0.2) is 0 Å². The van der Waals surface area contributed by atoms with Crippen molar-refractivity contribution in [2.45, 2.75) is 70.4 Å². The summed E-state index contributed by atoms with van der Waals surface area (Å²) in [6, 6.07) is 0.515. The van der Waals surface area contributed by atoms with Crippen LogP contribution in [0.1, 0.15) is 58.3 Å². The van der Waals surface area contributed by atoms with E-state index in [1.54, 1.807) is 6.92 Å². The Morgan fingerprint density at radius 2 is 1.67 bits per heavy atom. The van der Waals surface area contributed by atoms with Gasteiger partial charge in [-0.2, -0.15) is 0 Å². The lowest BCUT2D eigenvalue weighted by Crippen LogP contribution is -2.58. The predicted octanol–water partition coefficient (Wildman–Crippen LogP) is 2.26. The zero-order valence-corrected chi connectivity index (χ0v) is 16.7. The van der Waals surface area contributed by atoms with E-state index in [1.165, 1.54) is 32.1 Å². The number of carbonyl (C=O) groups excluding carboxylic acids is 2. The van der Waals surface area contributed by atoms with E-state index in [0.29, 0.717) is 17.9 Å². The second kappa shape index (κ2) is 7.06. The quantitative estimate of drug-likeness (QED) is 0.822. The minimum Gasteiger partial charge on any atom is -0.351 e. The molecule has 0 radical (unpaired) electrons. The Morgan fingerprint density at radius 1 is 0.963 bits per heavy atom. The Labute approximate surface area is 163 Å². The van der Waals surface area contributed by atoms with Crippen LogP contribution in [0.3, 0.4) is 0 Å². The highest BCUT2D eigenvalue weighted by Crippen LogP contribution is 2.53. The molecule has 0 aromatic rings. The number of likely N-dealkylation sites (tertiary alicyclic amines) is 2. The fourth-order valence-corrected chi connectivity index (χ4v) is 7.36. The fraction of sp³-hybridized carbons (Fsp3) is 0.909. The van der Waals surface area contributed by atoms with Crippen molar-refractivity contribution in [1.29, 1.82) is 0 Å². The molecule has 4 aliphatic carbocycles. The molecule has 0 spiro atoms. The average molecular weight is 374 g/mol. The van der Waals surface area contributed by atoms with E-state index in [9.17, 15) is 9.59 Å². The van der Waals surface area contributed by atoms with Gasteiger partial charge in [0.2, 0.25) is 11.8 Å². The van der Waals surface area contributed by atoms with Crippen LogP contribution in [-0.4, -0.2) is 59.9 Å². The molecule has 1 unspecified atom stereocenters. The molecule has 2 saturated heterocycles. The maximum absolute atomic E-state index is 13.2. The van der Waals surface area contributed by atoms with Gasteiger partial charge in [0.15, 0.2) is 0 Å². The smallest absolute Gasteiger partial charge is 0.237 e. The number of nitrogens with zero attached hydrogens (tertiary/aromatic N) is 2. The zero-order chi connectivity index (χ0) is 18.5. The molecule has 1 N–H and O–H groups in total. The maximum Gasteiger partial charge on any atom is 0.237 e. The van der Waals surface area contributed by atoms with Gasteiger partial charge in [-0.25, -0.2) is 0 Å². The largest absolute Gasteiger partial charge is 0.351 e. The molecule has 0 aromatic heterocycles. The molecule has 6 aliphatic rings. The van der Waals surface area contributed by atoms with Gasteiger partial charge in [0.1, 0.15) is 0 Å². The van der Waals surface area contributed by atoms with Gasteiger partial charge in [0, 0.05) is 32.6 Å². The van der Waals surface area contributed by atoms with Crippen LogP contribution in [0.2, 0.25) is 0 Å². The molecule has 2 atom stereocenters. The van der Waals surface area contributed by atoms with Gasteiger partial charge < -0.3 is 10.2 Å². The first-order valence-electron chi connectivity index (χ1n) is 11.4. The van der Waals surface area contributed by atoms with Crippen LogP contribution in [0.4, 0.5) is 0 Å². The number of amides is 2. The molecule has 150 valence electrons. The van der Waals surface area contributed by atoms with Crippen molar-refractivity contribution >= 4 is 11.8 Å². The van der Waals surface area contributed by atoms with Crippen molar-refractivity contribution in [3.05, 3.63) is 0 Å². The van der Waals surface area contributed by atoms with E-state index in [1.807, 2.05) is 4.90 Å². The summed E-state index contributed by atoms with van der Waals surface area (Å²) < 4.78 is 0. The summed E-state index contributed by atoms with van der Waals surface area (Å²) in [6.07, 6.45) is 10.1. The van der Waals surface area contributed by atoms with E-state index in [0.717, 1.165) is 69.1 Å². The molecule has 6 rings (SSSR count). The molecule has 5 nitrogen and oxygen atoms in total. The molecule has 5 heteroatoms. The van der Waals surface area contributed by atoms with E-state index in [-0.39, 0.29) is 11.9 Å².